The molecule has 1 saturated carbocycles. The second kappa shape index (κ2) is 8.29. The van der Waals surface area contributed by atoms with Crippen LogP contribution in [-0.4, -0.2) is 29.2 Å². The number of carbonyl (C=O) groups is 2. The van der Waals surface area contributed by atoms with Gasteiger partial charge in [-0.25, -0.2) is 4.79 Å². The van der Waals surface area contributed by atoms with E-state index in [9.17, 15) is 14.7 Å². The van der Waals surface area contributed by atoms with Gasteiger partial charge < -0.3 is 15.2 Å². The highest BCUT2D eigenvalue weighted by Gasteiger charge is 2.21. The van der Waals surface area contributed by atoms with Gasteiger partial charge >= 0.3 is 5.97 Å². The van der Waals surface area contributed by atoms with Crippen LogP contribution in [0.25, 0.3) is 0 Å². The summed E-state index contributed by atoms with van der Waals surface area (Å²) in [6, 6.07) is 3.29. The normalized spacial score (nSPS) is 17.1. The first kappa shape index (κ1) is 18.5. The van der Waals surface area contributed by atoms with E-state index in [1.54, 1.807) is 19.9 Å². The van der Waals surface area contributed by atoms with Gasteiger partial charge in [0.05, 0.1) is 11.7 Å². The summed E-state index contributed by atoms with van der Waals surface area (Å²) in [7, 11) is 0. The molecule has 5 heteroatoms. The second-order valence-corrected chi connectivity index (χ2v) is 6.67. The van der Waals surface area contributed by atoms with Crippen LogP contribution in [-0.2, 0) is 9.53 Å². The summed E-state index contributed by atoms with van der Waals surface area (Å²) < 4.78 is 5.92. The van der Waals surface area contributed by atoms with Gasteiger partial charge in [-0.2, -0.15) is 0 Å². The molecule has 132 valence electrons. The summed E-state index contributed by atoms with van der Waals surface area (Å²) in [6.07, 6.45) is 6.37. The predicted molar refractivity (Wildman–Crippen MR) is 93.5 cm³/mol. The Kier molecular flexibility index (Phi) is 6.37. The van der Waals surface area contributed by atoms with Crippen molar-refractivity contribution in [2.24, 2.45) is 0 Å². The van der Waals surface area contributed by atoms with Crippen LogP contribution in [0.3, 0.4) is 0 Å². The molecule has 2 N–H and O–H groups in total. The van der Waals surface area contributed by atoms with Crippen molar-refractivity contribution in [1.29, 1.82) is 0 Å². The van der Waals surface area contributed by atoms with E-state index in [1.807, 2.05) is 6.92 Å². The molecule has 1 aliphatic carbocycles. The zero-order valence-electron chi connectivity index (χ0n) is 14.7. The van der Waals surface area contributed by atoms with Crippen molar-refractivity contribution >= 4 is 17.6 Å². The lowest BCUT2D eigenvalue weighted by atomic mass is 10.0. The topological polar surface area (TPSA) is 75.6 Å². The third-order valence-electron chi connectivity index (χ3n) is 4.63. The number of hydrogen-bond acceptors (Lipinski definition) is 3. The number of nitrogens with one attached hydrogen (secondary N) is 1. The molecule has 0 spiro atoms. The first-order valence-electron chi connectivity index (χ1n) is 8.69. The van der Waals surface area contributed by atoms with Crippen molar-refractivity contribution < 1.29 is 19.4 Å². The number of anilines is 1. The average molecular weight is 333 g/mol. The van der Waals surface area contributed by atoms with Crippen LogP contribution in [0.5, 0.6) is 0 Å². The standard InChI is InChI=1S/C19H27NO4/c1-12-10-13(2)17(11-16(12)19(22)23)20-18(21)14(3)24-15-8-6-4-5-7-9-15/h10-11,14-15H,4-9H2,1-3H3,(H,20,21)(H,22,23). The lowest BCUT2D eigenvalue weighted by Crippen LogP contribution is -2.31. The quantitative estimate of drug-likeness (QED) is 0.797. The third kappa shape index (κ3) is 4.81. The van der Waals surface area contributed by atoms with E-state index in [0.29, 0.717) is 11.3 Å². The number of amides is 1. The van der Waals surface area contributed by atoms with Crippen LogP contribution < -0.4 is 5.32 Å². The first-order valence-corrected chi connectivity index (χ1v) is 8.69. The summed E-state index contributed by atoms with van der Waals surface area (Å²) in [5.74, 6) is -1.23. The molecule has 2 rings (SSSR count). The van der Waals surface area contributed by atoms with E-state index in [1.165, 1.54) is 18.9 Å². The van der Waals surface area contributed by atoms with E-state index in [-0.39, 0.29) is 17.6 Å². The molecular weight excluding hydrogens is 306 g/mol. The fraction of sp³-hybridized carbons (Fsp3) is 0.579. The number of benzene rings is 1. The Labute approximate surface area is 143 Å². The number of carboxylic acid groups (broad SMARTS) is 1. The molecule has 1 amide bonds. The van der Waals surface area contributed by atoms with Crippen molar-refractivity contribution in [2.45, 2.75) is 71.5 Å². The molecule has 24 heavy (non-hydrogen) atoms. The lowest BCUT2D eigenvalue weighted by Gasteiger charge is -2.21. The number of rotatable bonds is 5. The third-order valence-corrected chi connectivity index (χ3v) is 4.63. The molecule has 5 nitrogen and oxygen atoms in total. The average Bonchev–Trinajstić information content (AvgIpc) is 2.78. The molecule has 1 aliphatic rings. The molecule has 1 fully saturated rings. The fourth-order valence-electron chi connectivity index (χ4n) is 3.18. The largest absolute Gasteiger partial charge is 0.478 e. The van der Waals surface area contributed by atoms with Gasteiger partial charge in [0.15, 0.2) is 0 Å². The van der Waals surface area contributed by atoms with E-state index in [4.69, 9.17) is 4.74 Å². The lowest BCUT2D eigenvalue weighted by molar-refractivity contribution is -0.130. The molecule has 0 aromatic heterocycles. The molecule has 1 unspecified atom stereocenters. The highest BCUT2D eigenvalue weighted by molar-refractivity contribution is 5.97. The van der Waals surface area contributed by atoms with E-state index in [0.717, 1.165) is 31.2 Å². The Balaban J connectivity index is 2.02. The Morgan fingerprint density at radius 1 is 1.12 bits per heavy atom. The van der Waals surface area contributed by atoms with Crippen LogP contribution in [0.2, 0.25) is 0 Å². The molecule has 0 bridgehead atoms. The molecule has 0 heterocycles. The number of carboxylic acids is 1. The van der Waals surface area contributed by atoms with Gasteiger partial charge in [0.1, 0.15) is 6.10 Å². The summed E-state index contributed by atoms with van der Waals surface area (Å²) in [5.41, 5.74) is 2.25. The van der Waals surface area contributed by atoms with E-state index < -0.39 is 12.1 Å². The van der Waals surface area contributed by atoms with Gasteiger partial charge in [-0.3, -0.25) is 4.79 Å². The van der Waals surface area contributed by atoms with Crippen molar-refractivity contribution in [3.05, 3.63) is 28.8 Å². The Bertz CT molecular complexity index is 604. The van der Waals surface area contributed by atoms with Crippen molar-refractivity contribution in [2.75, 3.05) is 5.32 Å². The minimum Gasteiger partial charge on any atom is -0.478 e. The Hall–Kier alpha value is -1.88. The zero-order chi connectivity index (χ0) is 17.7. The van der Waals surface area contributed by atoms with Crippen LogP contribution in [0, 0.1) is 13.8 Å². The SMILES string of the molecule is Cc1cc(C)c(C(=O)O)cc1NC(=O)C(C)OC1CCCCCC1. The number of carbonyl (C=O) groups excluding carboxylic acids is 1. The summed E-state index contributed by atoms with van der Waals surface area (Å²) >= 11 is 0. The van der Waals surface area contributed by atoms with E-state index in [2.05, 4.69) is 5.32 Å². The monoisotopic (exact) mass is 333 g/mol. The number of aryl methyl sites for hydroxylation is 2. The van der Waals surface area contributed by atoms with Gasteiger partial charge in [0, 0.05) is 5.69 Å². The smallest absolute Gasteiger partial charge is 0.336 e. The number of ether oxygens (including phenoxy) is 1. The van der Waals surface area contributed by atoms with Gasteiger partial charge in [-0.05, 0) is 50.8 Å². The Morgan fingerprint density at radius 3 is 2.33 bits per heavy atom. The minimum atomic E-state index is -0.995. The molecule has 0 radical (unpaired) electrons. The van der Waals surface area contributed by atoms with Crippen LogP contribution in [0.1, 0.15) is 66.9 Å². The van der Waals surface area contributed by atoms with Crippen molar-refractivity contribution in [1.82, 2.24) is 0 Å². The highest BCUT2D eigenvalue weighted by atomic mass is 16.5. The molecule has 1 aromatic rings. The zero-order valence-corrected chi connectivity index (χ0v) is 14.7. The second-order valence-electron chi connectivity index (χ2n) is 6.67. The molecule has 1 aromatic carbocycles. The van der Waals surface area contributed by atoms with Crippen LogP contribution >= 0.6 is 0 Å². The van der Waals surface area contributed by atoms with Gasteiger partial charge in [0.2, 0.25) is 0 Å². The number of aromatic carboxylic acids is 1. The highest BCUT2D eigenvalue weighted by Crippen LogP contribution is 2.23. The summed E-state index contributed by atoms with van der Waals surface area (Å²) in [5, 5.41) is 12.0. The maximum absolute atomic E-state index is 12.4. The van der Waals surface area contributed by atoms with Crippen molar-refractivity contribution in [3.8, 4) is 0 Å². The summed E-state index contributed by atoms with van der Waals surface area (Å²) in [6.45, 7) is 5.35. The molecular formula is C19H27NO4. The Morgan fingerprint density at radius 2 is 1.75 bits per heavy atom. The molecule has 0 saturated heterocycles. The van der Waals surface area contributed by atoms with Gasteiger partial charge in [-0.1, -0.05) is 31.7 Å². The first-order chi connectivity index (χ1) is 11.4. The molecule has 1 atom stereocenters. The number of hydrogen-bond donors (Lipinski definition) is 2. The summed E-state index contributed by atoms with van der Waals surface area (Å²) in [4.78, 5) is 23.7. The maximum Gasteiger partial charge on any atom is 0.336 e. The van der Waals surface area contributed by atoms with Gasteiger partial charge in [0.25, 0.3) is 5.91 Å². The van der Waals surface area contributed by atoms with Gasteiger partial charge in [-0.15, -0.1) is 0 Å². The maximum atomic E-state index is 12.4. The fourth-order valence-corrected chi connectivity index (χ4v) is 3.18. The van der Waals surface area contributed by atoms with Crippen LogP contribution in [0.4, 0.5) is 5.69 Å². The van der Waals surface area contributed by atoms with Crippen LogP contribution in [0.15, 0.2) is 12.1 Å². The predicted octanol–water partition coefficient (Wildman–Crippen LogP) is 4.07. The van der Waals surface area contributed by atoms with E-state index >= 15 is 0 Å². The minimum absolute atomic E-state index is 0.141. The van der Waals surface area contributed by atoms with Crippen molar-refractivity contribution in [3.63, 3.8) is 0 Å². The molecule has 0 aliphatic heterocycles.